The van der Waals surface area contributed by atoms with Crippen molar-refractivity contribution in [3.8, 4) is 0 Å². The number of hydrogen-bond acceptors (Lipinski definition) is 2. The Morgan fingerprint density at radius 1 is 1.06 bits per heavy atom. The summed E-state index contributed by atoms with van der Waals surface area (Å²) in [6, 6.07) is -1.19. The van der Waals surface area contributed by atoms with E-state index in [4.69, 9.17) is 5.11 Å². The Hall–Kier alpha value is -1.26. The molecule has 0 aliphatic rings. The molecule has 0 aromatic rings. The predicted molar refractivity (Wildman–Crippen MR) is 71.6 cm³/mol. The molecule has 0 aromatic heterocycles. The molecule has 0 aliphatic heterocycles. The van der Waals surface area contributed by atoms with Crippen LogP contribution in [0.25, 0.3) is 0 Å². The molecule has 3 N–H and O–H groups in total. The van der Waals surface area contributed by atoms with Crippen molar-refractivity contribution in [2.75, 3.05) is 6.54 Å². The van der Waals surface area contributed by atoms with Gasteiger partial charge in [-0.25, -0.2) is 9.59 Å². The zero-order chi connectivity index (χ0) is 13.8. The van der Waals surface area contributed by atoms with Crippen molar-refractivity contribution in [2.45, 2.75) is 64.8 Å². The second-order valence-electron chi connectivity index (χ2n) is 4.47. The van der Waals surface area contributed by atoms with Gasteiger partial charge in [-0.2, -0.15) is 0 Å². The zero-order valence-corrected chi connectivity index (χ0v) is 11.5. The number of carbonyl (C=O) groups excluding carboxylic acids is 1. The summed E-state index contributed by atoms with van der Waals surface area (Å²) in [6.07, 6.45) is 7.39. The molecule has 18 heavy (non-hydrogen) atoms. The first-order chi connectivity index (χ1) is 8.61. The first kappa shape index (κ1) is 16.7. The monoisotopic (exact) mass is 258 g/mol. The Bertz CT molecular complexity index is 244. The second-order valence-corrected chi connectivity index (χ2v) is 4.47. The van der Waals surface area contributed by atoms with Gasteiger partial charge in [-0.15, -0.1) is 0 Å². The van der Waals surface area contributed by atoms with E-state index in [0.717, 1.165) is 12.8 Å². The lowest BCUT2D eigenvalue weighted by atomic mass is 10.1. The van der Waals surface area contributed by atoms with Gasteiger partial charge in [-0.05, 0) is 12.8 Å². The number of carbonyl (C=O) groups is 2. The first-order valence-corrected chi connectivity index (χ1v) is 6.89. The highest BCUT2D eigenvalue weighted by Crippen LogP contribution is 2.03. The molecule has 0 heterocycles. The van der Waals surface area contributed by atoms with E-state index in [9.17, 15) is 9.59 Å². The molecule has 106 valence electrons. The van der Waals surface area contributed by atoms with E-state index in [1.54, 1.807) is 6.92 Å². The van der Waals surface area contributed by atoms with E-state index in [1.165, 1.54) is 25.7 Å². The number of aliphatic carboxylic acids is 1. The molecule has 0 spiro atoms. The van der Waals surface area contributed by atoms with Crippen LogP contribution in [0.4, 0.5) is 4.79 Å². The van der Waals surface area contributed by atoms with Crippen molar-refractivity contribution < 1.29 is 14.7 Å². The molecule has 0 rings (SSSR count). The van der Waals surface area contributed by atoms with Gasteiger partial charge in [0.15, 0.2) is 0 Å². The minimum absolute atomic E-state index is 0.389. The number of rotatable bonds is 10. The summed E-state index contributed by atoms with van der Waals surface area (Å²) in [5, 5.41) is 13.9. The molecule has 5 nitrogen and oxygen atoms in total. The maximum Gasteiger partial charge on any atom is 0.326 e. The lowest BCUT2D eigenvalue weighted by Gasteiger charge is -2.13. The zero-order valence-electron chi connectivity index (χ0n) is 11.5. The lowest BCUT2D eigenvalue weighted by molar-refractivity contribution is -0.139. The van der Waals surface area contributed by atoms with Gasteiger partial charge < -0.3 is 15.7 Å². The highest BCUT2D eigenvalue weighted by Gasteiger charge is 2.16. The average molecular weight is 258 g/mol. The summed E-state index contributed by atoms with van der Waals surface area (Å²) in [7, 11) is 0. The molecular weight excluding hydrogens is 232 g/mol. The van der Waals surface area contributed by atoms with Crippen LogP contribution < -0.4 is 10.6 Å². The van der Waals surface area contributed by atoms with E-state index in [0.29, 0.717) is 13.0 Å². The van der Waals surface area contributed by atoms with Gasteiger partial charge in [0.25, 0.3) is 0 Å². The SMILES string of the molecule is CCCCCCCCNC(=O)N[C@@H](CC)C(=O)O. The quantitative estimate of drug-likeness (QED) is 0.527. The predicted octanol–water partition coefficient (Wildman–Crippen LogP) is 2.51. The van der Waals surface area contributed by atoms with E-state index >= 15 is 0 Å². The van der Waals surface area contributed by atoms with Crippen LogP contribution in [0.15, 0.2) is 0 Å². The second kappa shape index (κ2) is 10.9. The molecule has 0 saturated heterocycles. The number of nitrogens with one attached hydrogen (secondary N) is 2. The third kappa shape index (κ3) is 8.84. The summed E-state index contributed by atoms with van der Waals surface area (Å²) in [6.45, 7) is 4.51. The maximum atomic E-state index is 11.4. The minimum atomic E-state index is -0.993. The summed E-state index contributed by atoms with van der Waals surface area (Å²) >= 11 is 0. The van der Waals surface area contributed by atoms with Crippen LogP contribution in [0, 0.1) is 0 Å². The first-order valence-electron chi connectivity index (χ1n) is 6.89. The Morgan fingerprint density at radius 3 is 2.22 bits per heavy atom. The normalized spacial score (nSPS) is 11.9. The molecule has 0 bridgehead atoms. The number of carboxylic acids is 1. The van der Waals surface area contributed by atoms with Gasteiger partial charge in [0.2, 0.25) is 0 Å². The van der Waals surface area contributed by atoms with Crippen LogP contribution in [0.5, 0.6) is 0 Å². The van der Waals surface area contributed by atoms with Crippen LogP contribution in [-0.2, 0) is 4.79 Å². The Kier molecular flexibility index (Phi) is 10.1. The number of hydrogen-bond donors (Lipinski definition) is 3. The molecule has 0 saturated carbocycles. The fraction of sp³-hybridized carbons (Fsp3) is 0.846. The molecule has 2 amide bonds. The molecule has 1 atom stereocenters. The Labute approximate surface area is 109 Å². The van der Waals surface area contributed by atoms with Crippen molar-refractivity contribution in [3.63, 3.8) is 0 Å². The third-order valence-corrected chi connectivity index (χ3v) is 2.83. The van der Waals surface area contributed by atoms with Crippen LogP contribution in [0.1, 0.15) is 58.8 Å². The van der Waals surface area contributed by atoms with Crippen molar-refractivity contribution in [2.24, 2.45) is 0 Å². The summed E-state index contributed by atoms with van der Waals surface area (Å²) in [5.74, 6) is -0.993. The Morgan fingerprint density at radius 2 is 1.67 bits per heavy atom. The van der Waals surface area contributed by atoms with Crippen molar-refractivity contribution >= 4 is 12.0 Å². The van der Waals surface area contributed by atoms with Crippen LogP contribution in [0.3, 0.4) is 0 Å². The minimum Gasteiger partial charge on any atom is -0.480 e. The van der Waals surface area contributed by atoms with Crippen molar-refractivity contribution in [1.82, 2.24) is 10.6 Å². The van der Waals surface area contributed by atoms with Crippen LogP contribution in [-0.4, -0.2) is 29.7 Å². The fourth-order valence-electron chi connectivity index (χ4n) is 1.65. The number of unbranched alkanes of at least 4 members (excludes halogenated alkanes) is 5. The van der Waals surface area contributed by atoms with Crippen LogP contribution >= 0.6 is 0 Å². The third-order valence-electron chi connectivity index (χ3n) is 2.83. The topological polar surface area (TPSA) is 78.4 Å². The molecular formula is C13H26N2O3. The fourth-order valence-corrected chi connectivity index (χ4v) is 1.65. The molecule has 0 aromatic carbocycles. The highest BCUT2D eigenvalue weighted by molar-refractivity contribution is 5.82. The highest BCUT2D eigenvalue weighted by atomic mass is 16.4. The largest absolute Gasteiger partial charge is 0.480 e. The van der Waals surface area contributed by atoms with Crippen molar-refractivity contribution in [1.29, 1.82) is 0 Å². The lowest BCUT2D eigenvalue weighted by Crippen LogP contribution is -2.45. The van der Waals surface area contributed by atoms with Gasteiger partial charge in [0, 0.05) is 6.54 Å². The molecule has 5 heteroatoms. The molecule has 0 aliphatic carbocycles. The smallest absolute Gasteiger partial charge is 0.326 e. The number of amides is 2. The van der Waals surface area contributed by atoms with E-state index in [1.807, 2.05) is 0 Å². The molecule has 0 unspecified atom stereocenters. The summed E-state index contributed by atoms with van der Waals surface area (Å²) in [4.78, 5) is 22.1. The summed E-state index contributed by atoms with van der Waals surface area (Å²) < 4.78 is 0. The maximum absolute atomic E-state index is 11.4. The van der Waals surface area contributed by atoms with Gasteiger partial charge in [-0.1, -0.05) is 46.0 Å². The van der Waals surface area contributed by atoms with E-state index in [-0.39, 0.29) is 0 Å². The standard InChI is InChI=1S/C13H26N2O3/c1-3-5-6-7-8-9-10-14-13(18)15-11(4-2)12(16)17/h11H,3-10H2,1-2H3,(H,16,17)(H2,14,15,18)/t11-/m0/s1. The summed E-state index contributed by atoms with van der Waals surface area (Å²) in [5.41, 5.74) is 0. The van der Waals surface area contributed by atoms with Gasteiger partial charge in [-0.3, -0.25) is 0 Å². The van der Waals surface area contributed by atoms with Crippen LogP contribution in [0.2, 0.25) is 0 Å². The van der Waals surface area contributed by atoms with Gasteiger partial charge in [0.1, 0.15) is 6.04 Å². The van der Waals surface area contributed by atoms with Gasteiger partial charge in [0.05, 0.1) is 0 Å². The number of urea groups is 1. The molecule has 0 radical (unpaired) electrons. The molecule has 0 fully saturated rings. The van der Waals surface area contributed by atoms with E-state index < -0.39 is 18.0 Å². The average Bonchev–Trinajstić information content (AvgIpc) is 2.34. The van der Waals surface area contributed by atoms with Crippen molar-refractivity contribution in [3.05, 3.63) is 0 Å². The van der Waals surface area contributed by atoms with E-state index in [2.05, 4.69) is 17.6 Å². The number of carboxylic acid groups (broad SMARTS) is 1. The Balaban J connectivity index is 3.50. The van der Waals surface area contributed by atoms with Gasteiger partial charge >= 0.3 is 12.0 Å².